The molecule has 2 heterocycles. The van der Waals surface area contributed by atoms with Crippen molar-refractivity contribution in [3.05, 3.63) is 12.4 Å². The molecule has 1 aliphatic rings. The summed E-state index contributed by atoms with van der Waals surface area (Å²) in [5.41, 5.74) is -0.915. The van der Waals surface area contributed by atoms with Crippen molar-refractivity contribution in [3.63, 3.8) is 0 Å². The lowest BCUT2D eigenvalue weighted by Crippen LogP contribution is -2.41. The van der Waals surface area contributed by atoms with Crippen molar-refractivity contribution < 1.29 is 32.5 Å². The summed E-state index contributed by atoms with van der Waals surface area (Å²) in [7, 11) is -0.828. The zero-order chi connectivity index (χ0) is 16.5. The minimum atomic E-state index is -4.53. The molecule has 1 radical (unpaired) electrons. The maximum atomic E-state index is 12.4. The van der Waals surface area contributed by atoms with Crippen LogP contribution in [-0.4, -0.2) is 45.8 Å². The lowest BCUT2D eigenvalue weighted by Gasteiger charge is -2.32. The van der Waals surface area contributed by atoms with Crippen molar-refractivity contribution in [2.75, 3.05) is 0 Å². The second-order valence-corrected chi connectivity index (χ2v) is 5.39. The molecule has 0 saturated carbocycles. The fourth-order valence-corrected chi connectivity index (χ4v) is 1.58. The normalized spacial score (nSPS) is 20.0. The molecule has 0 bridgehead atoms. The summed E-state index contributed by atoms with van der Waals surface area (Å²) in [6, 6.07) is 0. The van der Waals surface area contributed by atoms with Crippen LogP contribution in [0.3, 0.4) is 0 Å². The summed E-state index contributed by atoms with van der Waals surface area (Å²) in [4.78, 5) is 0. The van der Waals surface area contributed by atoms with Gasteiger partial charge in [-0.25, -0.2) is 0 Å². The highest BCUT2D eigenvalue weighted by Crippen LogP contribution is 2.36. The smallest absolute Gasteiger partial charge is 0.429 e. The Morgan fingerprint density at radius 1 is 1.19 bits per heavy atom. The number of halogens is 3. The fourth-order valence-electron chi connectivity index (χ4n) is 1.58. The van der Waals surface area contributed by atoms with E-state index in [0.717, 1.165) is 12.4 Å². The first kappa shape index (κ1) is 18.0. The Morgan fingerprint density at radius 2 is 1.62 bits per heavy atom. The molecular weight excluding hydrogens is 291 g/mol. The van der Waals surface area contributed by atoms with E-state index in [0.29, 0.717) is 0 Å². The predicted octanol–water partition coefficient (Wildman–Crippen LogP) is 0.164. The lowest BCUT2D eigenvalue weighted by atomic mass is 9.82. The van der Waals surface area contributed by atoms with E-state index in [1.807, 2.05) is 27.7 Å². The molecule has 1 saturated heterocycles. The SMILES string of the molecule is CC1(C)OB(c2cnn(C(F)(F)F)c2)OC1(C)C.O[B]O. The molecular formula is C10H16B2F3N2O4. The van der Waals surface area contributed by atoms with Crippen LogP contribution in [0.25, 0.3) is 0 Å². The van der Waals surface area contributed by atoms with Crippen LogP contribution in [0.15, 0.2) is 12.4 Å². The minimum Gasteiger partial charge on any atom is -0.429 e. The monoisotopic (exact) mass is 307 g/mol. The van der Waals surface area contributed by atoms with Gasteiger partial charge in [0.1, 0.15) is 0 Å². The molecule has 2 N–H and O–H groups in total. The molecule has 1 aromatic heterocycles. The molecule has 0 spiro atoms. The molecule has 0 aliphatic carbocycles. The maximum absolute atomic E-state index is 12.4. The van der Waals surface area contributed by atoms with Crippen LogP contribution in [0.1, 0.15) is 27.7 Å². The standard InChI is InChI=1S/C10H14BF3N2O2.BH2O2/c1-8(2)9(3,4)18-11(17-8)7-5-15-16(6-7)10(12,13)14;2-1-3/h5-6H,1-4H3;2-3H. The molecule has 1 fully saturated rings. The Kier molecular flexibility index (Phi) is 5.14. The molecule has 0 amide bonds. The number of aromatic nitrogens is 2. The highest BCUT2D eigenvalue weighted by molar-refractivity contribution is 6.61. The summed E-state index contributed by atoms with van der Waals surface area (Å²) in [6.45, 7) is 7.34. The third-order valence-corrected chi connectivity index (χ3v) is 3.39. The largest absolute Gasteiger partial charge is 0.504 e. The number of hydrogen-bond acceptors (Lipinski definition) is 5. The van der Waals surface area contributed by atoms with Gasteiger partial charge in [0.05, 0.1) is 11.2 Å². The van der Waals surface area contributed by atoms with Gasteiger partial charge in [-0.3, -0.25) is 0 Å². The molecule has 2 rings (SSSR count). The van der Waals surface area contributed by atoms with E-state index in [9.17, 15) is 13.2 Å². The van der Waals surface area contributed by atoms with Crippen molar-refractivity contribution in [1.29, 1.82) is 0 Å². The first-order chi connectivity index (χ1) is 9.44. The number of nitrogens with zero attached hydrogens (tertiary/aromatic N) is 2. The molecule has 1 aromatic rings. The van der Waals surface area contributed by atoms with E-state index in [-0.39, 0.29) is 17.8 Å². The number of rotatable bonds is 1. The van der Waals surface area contributed by atoms with Gasteiger partial charge in [-0.05, 0) is 27.7 Å². The third-order valence-electron chi connectivity index (χ3n) is 3.39. The van der Waals surface area contributed by atoms with Gasteiger partial charge in [0.15, 0.2) is 0 Å². The van der Waals surface area contributed by atoms with Gasteiger partial charge in [-0.2, -0.15) is 9.78 Å². The summed E-state index contributed by atoms with van der Waals surface area (Å²) < 4.78 is 48.4. The van der Waals surface area contributed by atoms with E-state index in [1.165, 1.54) is 0 Å². The van der Waals surface area contributed by atoms with E-state index in [1.54, 1.807) is 0 Å². The van der Waals surface area contributed by atoms with Gasteiger partial charge in [-0.15, -0.1) is 13.2 Å². The van der Waals surface area contributed by atoms with Crippen LogP contribution < -0.4 is 5.46 Å². The topological polar surface area (TPSA) is 76.7 Å². The van der Waals surface area contributed by atoms with E-state index in [4.69, 9.17) is 19.4 Å². The Morgan fingerprint density at radius 3 is 1.95 bits per heavy atom. The summed E-state index contributed by atoms with van der Waals surface area (Å²) in [6.07, 6.45) is -2.54. The molecule has 0 unspecified atom stereocenters. The second-order valence-electron chi connectivity index (χ2n) is 5.39. The van der Waals surface area contributed by atoms with Crippen LogP contribution in [-0.2, 0) is 15.6 Å². The maximum Gasteiger partial charge on any atom is 0.504 e. The van der Waals surface area contributed by atoms with Gasteiger partial charge in [-0.1, -0.05) is 0 Å². The first-order valence-electron chi connectivity index (χ1n) is 6.02. The minimum absolute atomic E-state index is 0. The van der Waals surface area contributed by atoms with Crippen LogP contribution >= 0.6 is 0 Å². The Balaban J connectivity index is 0.000000677. The average Bonchev–Trinajstić information content (AvgIpc) is 2.83. The fraction of sp³-hybridized carbons (Fsp3) is 0.700. The van der Waals surface area contributed by atoms with E-state index < -0.39 is 24.6 Å². The zero-order valence-electron chi connectivity index (χ0n) is 12.0. The van der Waals surface area contributed by atoms with Crippen molar-refractivity contribution in [2.24, 2.45) is 0 Å². The summed E-state index contributed by atoms with van der Waals surface area (Å²) >= 11 is 0. The highest BCUT2D eigenvalue weighted by Gasteiger charge is 2.52. The highest BCUT2D eigenvalue weighted by atomic mass is 19.4. The zero-order valence-corrected chi connectivity index (χ0v) is 12.0. The molecule has 0 atom stereocenters. The molecule has 6 nitrogen and oxygen atoms in total. The molecule has 21 heavy (non-hydrogen) atoms. The van der Waals surface area contributed by atoms with Crippen LogP contribution in [0.4, 0.5) is 13.2 Å². The summed E-state index contributed by atoms with van der Waals surface area (Å²) in [5, 5.41) is 17.3. The van der Waals surface area contributed by atoms with Crippen LogP contribution in [0.5, 0.6) is 0 Å². The Labute approximate surface area is 121 Å². The lowest BCUT2D eigenvalue weighted by molar-refractivity contribution is -0.212. The Bertz CT molecular complexity index is 463. The van der Waals surface area contributed by atoms with Crippen molar-refractivity contribution >= 4 is 20.3 Å². The van der Waals surface area contributed by atoms with Gasteiger partial charge in [0.25, 0.3) is 0 Å². The van der Waals surface area contributed by atoms with Gasteiger partial charge < -0.3 is 19.4 Å². The van der Waals surface area contributed by atoms with Gasteiger partial charge >= 0.3 is 21.1 Å². The van der Waals surface area contributed by atoms with E-state index in [2.05, 4.69) is 5.10 Å². The van der Waals surface area contributed by atoms with E-state index >= 15 is 0 Å². The van der Waals surface area contributed by atoms with Gasteiger partial charge in [0, 0.05) is 17.9 Å². The number of hydrogen-bond donors (Lipinski definition) is 2. The average molecular weight is 307 g/mol. The van der Waals surface area contributed by atoms with Gasteiger partial charge in [0.2, 0.25) is 0 Å². The Hall–Kier alpha value is -1.03. The van der Waals surface area contributed by atoms with Crippen molar-refractivity contribution in [3.8, 4) is 0 Å². The molecule has 1 aliphatic heterocycles. The number of alkyl halides is 3. The van der Waals surface area contributed by atoms with Crippen molar-refractivity contribution in [2.45, 2.75) is 45.2 Å². The second kappa shape index (κ2) is 5.99. The molecule has 0 aromatic carbocycles. The van der Waals surface area contributed by atoms with Crippen LogP contribution in [0, 0.1) is 0 Å². The first-order valence-corrected chi connectivity index (χ1v) is 6.02. The summed E-state index contributed by atoms with van der Waals surface area (Å²) in [5.74, 6) is 0. The predicted molar refractivity (Wildman–Crippen MR) is 69.4 cm³/mol. The molecule has 117 valence electrons. The quantitative estimate of drug-likeness (QED) is 0.723. The third kappa shape index (κ3) is 4.00. The molecule has 11 heteroatoms. The van der Waals surface area contributed by atoms with Crippen molar-refractivity contribution in [1.82, 2.24) is 9.78 Å². The van der Waals surface area contributed by atoms with Crippen LogP contribution in [0.2, 0.25) is 0 Å².